The van der Waals surface area contributed by atoms with E-state index in [1.54, 1.807) is 0 Å². The molecule has 0 aromatic heterocycles. The molecule has 0 heterocycles. The van der Waals surface area contributed by atoms with E-state index in [1.807, 2.05) is 54.0 Å². The predicted molar refractivity (Wildman–Crippen MR) is 110 cm³/mol. The molecule has 4 nitrogen and oxygen atoms in total. The normalized spacial score (nSPS) is 13.7. The molecular formula is C20H38Co2N4. The van der Waals surface area contributed by atoms with Crippen LogP contribution in [0.1, 0.15) is 83.1 Å². The zero-order valence-electron chi connectivity index (χ0n) is 18.6. The molecule has 0 unspecified atom stereocenters. The minimum absolute atomic E-state index is 0. The minimum atomic E-state index is -0.0742. The van der Waals surface area contributed by atoms with Gasteiger partial charge < -0.3 is 20.0 Å². The van der Waals surface area contributed by atoms with Gasteiger partial charge in [-0.2, -0.15) is 0 Å². The molecule has 0 amide bonds. The number of hydrogen-bond donors (Lipinski definition) is 0. The van der Waals surface area contributed by atoms with Crippen LogP contribution in [0, 0.1) is 10.8 Å². The summed E-state index contributed by atoms with van der Waals surface area (Å²) in [6.07, 6.45) is 9.05. The van der Waals surface area contributed by atoms with E-state index in [0.717, 1.165) is 0 Å². The Bertz CT molecular complexity index is 364. The van der Waals surface area contributed by atoms with Crippen LogP contribution in [0.5, 0.6) is 0 Å². The quantitative estimate of drug-likeness (QED) is 0.297. The van der Waals surface area contributed by atoms with E-state index in [0.29, 0.717) is 0 Å². The van der Waals surface area contributed by atoms with Crippen LogP contribution in [-0.4, -0.2) is 36.2 Å². The fraction of sp³-hybridized carbons (Fsp3) is 0.800. The third-order valence-electron chi connectivity index (χ3n) is 1.79. The van der Waals surface area contributed by atoms with Gasteiger partial charge in [-0.05, 0) is 41.5 Å². The Morgan fingerprint density at radius 3 is 0.923 bits per heavy atom. The molecule has 0 bridgehead atoms. The van der Waals surface area contributed by atoms with Crippen molar-refractivity contribution in [2.24, 2.45) is 30.8 Å². The SMILES string of the molecule is CC(C)(C)C=N[C-]=NC(C)(C)C.CC(C)(C)C=N[C-]=NC(C)(C)C.[Co+2].[Co]. The standard InChI is InChI=1S/2C10H19N2.2Co/c2*1-9(2,3)7-11-8-12-10(4,5)6;;/h2*7H,1-6H3;;/q2*-1;;+2. The summed E-state index contributed by atoms with van der Waals surface area (Å²) in [6, 6.07) is 0. The van der Waals surface area contributed by atoms with Crippen LogP contribution in [0.2, 0.25) is 0 Å². The van der Waals surface area contributed by atoms with Crippen molar-refractivity contribution in [2.75, 3.05) is 0 Å². The molecule has 0 N–H and O–H groups in total. The monoisotopic (exact) mass is 452 g/mol. The van der Waals surface area contributed by atoms with Crippen molar-refractivity contribution >= 4 is 25.1 Å². The van der Waals surface area contributed by atoms with E-state index >= 15 is 0 Å². The van der Waals surface area contributed by atoms with Crippen molar-refractivity contribution in [3.05, 3.63) is 0 Å². The molecule has 6 heteroatoms. The van der Waals surface area contributed by atoms with Crippen molar-refractivity contribution in [3.8, 4) is 0 Å². The van der Waals surface area contributed by atoms with Crippen molar-refractivity contribution in [2.45, 2.75) is 94.2 Å². The molecule has 0 aromatic carbocycles. The van der Waals surface area contributed by atoms with E-state index in [9.17, 15) is 0 Å². The fourth-order valence-electron chi connectivity index (χ4n) is 0.803. The van der Waals surface area contributed by atoms with E-state index in [-0.39, 0.29) is 55.5 Å². The molecular weight excluding hydrogens is 414 g/mol. The van der Waals surface area contributed by atoms with Gasteiger partial charge in [-0.3, -0.25) is 0 Å². The second-order valence-electron chi connectivity index (χ2n) is 10.0. The molecule has 0 atom stereocenters. The van der Waals surface area contributed by atoms with Crippen molar-refractivity contribution in [3.63, 3.8) is 0 Å². The summed E-state index contributed by atoms with van der Waals surface area (Å²) >= 11 is 0. The summed E-state index contributed by atoms with van der Waals surface area (Å²) in [5.41, 5.74) is 0.0747. The van der Waals surface area contributed by atoms with Crippen LogP contribution >= 0.6 is 0 Å². The molecule has 0 aliphatic heterocycles. The van der Waals surface area contributed by atoms with Gasteiger partial charge in [0.15, 0.2) is 0 Å². The van der Waals surface area contributed by atoms with Crippen LogP contribution < -0.4 is 0 Å². The van der Waals surface area contributed by atoms with Crippen LogP contribution in [0.15, 0.2) is 20.0 Å². The van der Waals surface area contributed by atoms with E-state index in [1.165, 1.54) is 0 Å². The Balaban J connectivity index is -0.000000173. The Hall–Kier alpha value is -0.307. The van der Waals surface area contributed by atoms with Gasteiger partial charge in [-0.1, -0.05) is 65.0 Å². The second kappa shape index (κ2) is 13.8. The van der Waals surface area contributed by atoms with E-state index < -0.39 is 0 Å². The molecule has 0 aromatic rings. The van der Waals surface area contributed by atoms with E-state index in [2.05, 4.69) is 74.2 Å². The number of nitrogens with zero attached hydrogens (tertiary/aromatic N) is 4. The molecule has 26 heavy (non-hydrogen) atoms. The number of aliphatic imine (C=N–C) groups is 4. The van der Waals surface area contributed by atoms with Gasteiger partial charge in [-0.25, -0.2) is 0 Å². The maximum absolute atomic E-state index is 4.11. The Morgan fingerprint density at radius 1 is 0.538 bits per heavy atom. The van der Waals surface area contributed by atoms with Gasteiger partial charge in [0, 0.05) is 27.9 Å². The van der Waals surface area contributed by atoms with Gasteiger partial charge in [0.25, 0.3) is 0 Å². The topological polar surface area (TPSA) is 49.4 Å². The number of hydrogen-bond acceptors (Lipinski definition) is 2. The van der Waals surface area contributed by atoms with Gasteiger partial charge in [0.2, 0.25) is 0 Å². The summed E-state index contributed by atoms with van der Waals surface area (Å²) in [5, 5.41) is 0. The number of rotatable bonds is 2. The van der Waals surface area contributed by atoms with Crippen LogP contribution in [-0.2, 0) is 33.6 Å². The zero-order chi connectivity index (χ0) is 19.7. The average molecular weight is 452 g/mol. The second-order valence-corrected chi connectivity index (χ2v) is 10.0. The smallest absolute Gasteiger partial charge is 0.443 e. The first-order valence-electron chi connectivity index (χ1n) is 8.44. The molecule has 0 rings (SSSR count). The van der Waals surface area contributed by atoms with Gasteiger partial charge in [-0.15, -0.1) is 12.4 Å². The first-order chi connectivity index (χ1) is 10.4. The zero-order valence-corrected chi connectivity index (χ0v) is 20.7. The summed E-state index contributed by atoms with van der Waals surface area (Å²) in [7, 11) is 0. The summed E-state index contributed by atoms with van der Waals surface area (Å²) in [4.78, 5) is 16.2. The molecule has 0 saturated heterocycles. The van der Waals surface area contributed by atoms with Crippen molar-refractivity contribution in [1.82, 2.24) is 0 Å². The first-order valence-corrected chi connectivity index (χ1v) is 8.44. The molecule has 156 valence electrons. The van der Waals surface area contributed by atoms with E-state index in [4.69, 9.17) is 0 Å². The molecule has 0 aliphatic rings. The molecule has 0 aliphatic carbocycles. The predicted octanol–water partition coefficient (Wildman–Crippen LogP) is 5.61. The Kier molecular flexibility index (Phi) is 17.7. The summed E-state index contributed by atoms with van der Waals surface area (Å²) < 4.78 is 0. The average Bonchev–Trinajstić information content (AvgIpc) is 2.27. The van der Waals surface area contributed by atoms with Crippen molar-refractivity contribution < 1.29 is 33.6 Å². The summed E-state index contributed by atoms with van der Waals surface area (Å²) in [6.45, 7) is 24.7. The third kappa shape index (κ3) is 39.0. The van der Waals surface area contributed by atoms with Gasteiger partial charge in [0.1, 0.15) is 0 Å². The van der Waals surface area contributed by atoms with Gasteiger partial charge in [0.05, 0.1) is 0 Å². The molecule has 0 fully saturated rings. The van der Waals surface area contributed by atoms with Crippen LogP contribution in [0.3, 0.4) is 0 Å². The van der Waals surface area contributed by atoms with Crippen molar-refractivity contribution in [1.29, 1.82) is 0 Å². The summed E-state index contributed by atoms with van der Waals surface area (Å²) in [5.74, 6) is 0. The Morgan fingerprint density at radius 2 is 0.769 bits per heavy atom. The van der Waals surface area contributed by atoms with Crippen LogP contribution in [0.25, 0.3) is 0 Å². The third-order valence-corrected chi connectivity index (χ3v) is 1.79. The molecule has 0 spiro atoms. The minimum Gasteiger partial charge on any atom is -0.443 e. The van der Waals surface area contributed by atoms with Gasteiger partial charge >= 0.3 is 16.8 Å². The van der Waals surface area contributed by atoms with Crippen LogP contribution in [0.4, 0.5) is 0 Å². The maximum atomic E-state index is 4.11. The maximum Gasteiger partial charge on any atom is 2.00 e. The molecule has 2 radical (unpaired) electrons. The Labute approximate surface area is 183 Å². The first kappa shape index (κ1) is 33.3. The fourth-order valence-corrected chi connectivity index (χ4v) is 0.803. The largest absolute Gasteiger partial charge is 2.00 e. The molecule has 0 saturated carbocycles.